The van der Waals surface area contributed by atoms with E-state index in [1.165, 1.54) is 6.08 Å². The van der Waals surface area contributed by atoms with Crippen LogP contribution in [0, 0.1) is 5.92 Å². The zero-order valence-corrected chi connectivity index (χ0v) is 14.1. The summed E-state index contributed by atoms with van der Waals surface area (Å²) in [5.74, 6) is -1.73. The maximum atomic E-state index is 11.5. The number of rotatable bonds is 10. The molecule has 0 radical (unpaired) electrons. The molecule has 1 saturated heterocycles. The topological polar surface area (TPSA) is 104 Å². The summed E-state index contributed by atoms with van der Waals surface area (Å²) in [6, 6.07) is 0. The Bertz CT molecular complexity index is 456. The molecule has 3 N–H and O–H groups in total. The Kier molecular flexibility index (Phi) is 9.34. The van der Waals surface area contributed by atoms with Crippen LogP contribution < -0.4 is 0 Å². The van der Waals surface area contributed by atoms with Gasteiger partial charge in [-0.2, -0.15) is 0 Å². The minimum Gasteiger partial charge on any atom is -0.481 e. The molecule has 0 bridgehead atoms. The van der Waals surface area contributed by atoms with E-state index >= 15 is 0 Å². The maximum Gasteiger partial charge on any atom is 0.309 e. The van der Waals surface area contributed by atoms with Crippen LogP contribution in [0.4, 0.5) is 0 Å². The Morgan fingerprint density at radius 3 is 2.79 bits per heavy atom. The molecule has 24 heavy (non-hydrogen) atoms. The Morgan fingerprint density at radius 2 is 2.12 bits per heavy atom. The van der Waals surface area contributed by atoms with Crippen molar-refractivity contribution in [3.8, 4) is 0 Å². The molecule has 0 spiro atoms. The van der Waals surface area contributed by atoms with Crippen LogP contribution in [0.1, 0.15) is 51.9 Å². The molecular formula is C18H28O6. The van der Waals surface area contributed by atoms with Crippen LogP contribution in [0.2, 0.25) is 0 Å². The number of aliphatic carboxylic acids is 1. The summed E-state index contributed by atoms with van der Waals surface area (Å²) in [6.45, 7) is 2.09. The monoisotopic (exact) mass is 340 g/mol. The summed E-state index contributed by atoms with van der Waals surface area (Å²) in [7, 11) is 0. The third-order valence-corrected chi connectivity index (χ3v) is 4.05. The van der Waals surface area contributed by atoms with Gasteiger partial charge in [-0.3, -0.25) is 9.59 Å². The first-order valence-electron chi connectivity index (χ1n) is 8.54. The van der Waals surface area contributed by atoms with Crippen LogP contribution in [0.25, 0.3) is 0 Å². The molecule has 4 atom stereocenters. The number of unbranched alkanes of at least 4 members (excludes halogenated alkanes) is 2. The second kappa shape index (κ2) is 11.0. The lowest BCUT2D eigenvalue weighted by molar-refractivity contribution is -0.163. The fourth-order valence-corrected chi connectivity index (χ4v) is 2.68. The number of aliphatic hydroxyl groups is 2. The van der Waals surface area contributed by atoms with Crippen molar-refractivity contribution in [2.45, 2.75) is 70.2 Å². The van der Waals surface area contributed by atoms with E-state index < -0.39 is 30.3 Å². The van der Waals surface area contributed by atoms with Crippen LogP contribution in [-0.4, -0.2) is 45.6 Å². The first-order valence-corrected chi connectivity index (χ1v) is 8.54. The molecule has 0 aromatic rings. The zero-order valence-electron chi connectivity index (χ0n) is 14.1. The van der Waals surface area contributed by atoms with Gasteiger partial charge in [0.1, 0.15) is 6.10 Å². The number of hydrogen-bond acceptors (Lipinski definition) is 5. The minimum atomic E-state index is -0.923. The van der Waals surface area contributed by atoms with E-state index in [2.05, 4.69) is 6.92 Å². The lowest BCUT2D eigenvalue weighted by atomic mass is 9.87. The van der Waals surface area contributed by atoms with Crippen LogP contribution in [0.3, 0.4) is 0 Å². The highest BCUT2D eigenvalue weighted by atomic mass is 16.5. The number of hydrogen-bond donors (Lipinski definition) is 3. The lowest BCUT2D eigenvalue weighted by Crippen LogP contribution is -2.41. The number of cyclic esters (lactones) is 1. The van der Waals surface area contributed by atoms with Crippen LogP contribution in [0.5, 0.6) is 0 Å². The van der Waals surface area contributed by atoms with E-state index in [1.807, 2.05) is 0 Å². The first-order chi connectivity index (χ1) is 11.4. The summed E-state index contributed by atoms with van der Waals surface area (Å²) >= 11 is 0. The van der Waals surface area contributed by atoms with Gasteiger partial charge < -0.3 is 20.1 Å². The molecule has 1 heterocycles. The van der Waals surface area contributed by atoms with Crippen molar-refractivity contribution in [1.29, 1.82) is 0 Å². The van der Waals surface area contributed by atoms with Crippen LogP contribution >= 0.6 is 0 Å². The van der Waals surface area contributed by atoms with Crippen molar-refractivity contribution in [1.82, 2.24) is 0 Å². The number of ether oxygens (including phenoxy) is 1. The van der Waals surface area contributed by atoms with Crippen LogP contribution in [0.15, 0.2) is 24.3 Å². The second-order valence-electron chi connectivity index (χ2n) is 6.14. The SMILES string of the molecule is CCCCC[C@H](O)/C=C/[C@H]1OC(=O)C[C@H](O)[C@@H]1C/C=C\CC(=O)O. The molecule has 1 rings (SSSR count). The van der Waals surface area contributed by atoms with Crippen molar-refractivity contribution in [3.05, 3.63) is 24.3 Å². The van der Waals surface area contributed by atoms with Crippen molar-refractivity contribution in [2.75, 3.05) is 0 Å². The Hall–Kier alpha value is -1.66. The maximum absolute atomic E-state index is 11.5. The van der Waals surface area contributed by atoms with E-state index in [4.69, 9.17) is 9.84 Å². The predicted molar refractivity (Wildman–Crippen MR) is 89.3 cm³/mol. The van der Waals surface area contributed by atoms with Crippen molar-refractivity contribution < 1.29 is 29.6 Å². The van der Waals surface area contributed by atoms with Gasteiger partial charge in [-0.15, -0.1) is 0 Å². The number of carboxylic acid groups (broad SMARTS) is 1. The fraction of sp³-hybridized carbons (Fsp3) is 0.667. The minimum absolute atomic E-state index is 0.0686. The molecule has 0 aromatic carbocycles. The quantitative estimate of drug-likeness (QED) is 0.320. The zero-order chi connectivity index (χ0) is 17.9. The first kappa shape index (κ1) is 20.4. The lowest BCUT2D eigenvalue weighted by Gasteiger charge is -2.32. The summed E-state index contributed by atoms with van der Waals surface area (Å²) in [5.41, 5.74) is 0. The molecule has 1 aliphatic heterocycles. The number of esters is 1. The largest absolute Gasteiger partial charge is 0.481 e. The molecule has 0 saturated carbocycles. The number of allylic oxidation sites excluding steroid dienone is 1. The van der Waals surface area contributed by atoms with Crippen molar-refractivity contribution >= 4 is 11.9 Å². The highest BCUT2D eigenvalue weighted by Gasteiger charge is 2.35. The molecule has 6 heteroatoms. The van der Waals surface area contributed by atoms with Crippen molar-refractivity contribution in [2.24, 2.45) is 5.92 Å². The molecule has 136 valence electrons. The van der Waals surface area contributed by atoms with Crippen molar-refractivity contribution in [3.63, 3.8) is 0 Å². The third-order valence-electron chi connectivity index (χ3n) is 4.05. The number of aliphatic hydroxyl groups excluding tert-OH is 2. The second-order valence-corrected chi connectivity index (χ2v) is 6.14. The standard InChI is InChI=1S/C18H28O6/c1-2-3-4-7-13(19)10-11-16-14(8-5-6-9-17(21)22)15(20)12-18(23)24-16/h5-6,10-11,13-16,19-20H,2-4,7-9,12H2,1H3,(H,21,22)/b6-5-,11-10+/t13-,14-,15-,16+/m0/s1. The number of carbonyl (C=O) groups is 2. The predicted octanol–water partition coefficient (Wildman–Crippen LogP) is 2.20. The Morgan fingerprint density at radius 1 is 1.38 bits per heavy atom. The number of carbonyl (C=O) groups excluding carboxylic acids is 1. The Labute approximate surface area is 142 Å². The van der Waals surface area contributed by atoms with Gasteiger partial charge in [0.2, 0.25) is 0 Å². The molecule has 6 nitrogen and oxygen atoms in total. The normalized spacial score (nSPS) is 26.0. The smallest absolute Gasteiger partial charge is 0.309 e. The average molecular weight is 340 g/mol. The van der Waals surface area contributed by atoms with Gasteiger partial charge in [0, 0.05) is 5.92 Å². The van der Waals surface area contributed by atoms with Gasteiger partial charge in [-0.1, -0.05) is 44.4 Å². The van der Waals surface area contributed by atoms with E-state index in [0.29, 0.717) is 12.8 Å². The fourth-order valence-electron chi connectivity index (χ4n) is 2.68. The van der Waals surface area contributed by atoms with Gasteiger partial charge in [0.15, 0.2) is 0 Å². The average Bonchev–Trinajstić information content (AvgIpc) is 2.51. The molecule has 0 amide bonds. The molecule has 1 aliphatic rings. The summed E-state index contributed by atoms with van der Waals surface area (Å²) < 4.78 is 5.28. The molecule has 1 fully saturated rings. The molecule has 0 unspecified atom stereocenters. The van der Waals surface area contributed by atoms with Gasteiger partial charge in [-0.25, -0.2) is 0 Å². The summed E-state index contributed by atoms with van der Waals surface area (Å²) in [4.78, 5) is 22.0. The highest BCUT2D eigenvalue weighted by Crippen LogP contribution is 2.27. The Balaban J connectivity index is 2.62. The molecular weight excluding hydrogens is 312 g/mol. The molecule has 0 aliphatic carbocycles. The number of carboxylic acids is 1. The van der Waals surface area contributed by atoms with Gasteiger partial charge in [0.25, 0.3) is 0 Å². The highest BCUT2D eigenvalue weighted by molar-refractivity contribution is 5.71. The van der Waals surface area contributed by atoms with Crippen LogP contribution in [-0.2, 0) is 14.3 Å². The van der Waals surface area contributed by atoms with Gasteiger partial charge >= 0.3 is 11.9 Å². The summed E-state index contributed by atoms with van der Waals surface area (Å²) in [6.07, 6.45) is 8.35. The van der Waals surface area contributed by atoms with E-state index in [0.717, 1.165) is 19.3 Å². The van der Waals surface area contributed by atoms with E-state index in [9.17, 15) is 19.8 Å². The van der Waals surface area contributed by atoms with Gasteiger partial charge in [0.05, 0.1) is 25.0 Å². The third kappa shape index (κ3) is 7.75. The van der Waals surface area contributed by atoms with E-state index in [-0.39, 0.29) is 18.8 Å². The summed E-state index contributed by atoms with van der Waals surface area (Å²) in [5, 5.41) is 28.7. The van der Waals surface area contributed by atoms with E-state index in [1.54, 1.807) is 18.2 Å². The molecule has 0 aromatic heterocycles. The van der Waals surface area contributed by atoms with Gasteiger partial charge in [-0.05, 0) is 18.9 Å².